The fourth-order valence-electron chi connectivity index (χ4n) is 3.21. The molecular weight excluding hydrogens is 304 g/mol. The zero-order chi connectivity index (χ0) is 16.6. The highest BCUT2D eigenvalue weighted by molar-refractivity contribution is 6.33. The molecule has 0 saturated carbocycles. The number of hydrogen-bond donors (Lipinski definition) is 0. The van der Waals surface area contributed by atoms with Crippen LogP contribution in [0.4, 0.5) is 11.4 Å². The number of rotatable bonds is 2. The standard InChI is InChI=1S/C20H21ClN2/c1-14-9-10-17(16(21)13-14)22-12-11-19-20(2,3)15-7-5-6-8-18(15)23(19)4/h5-13H,1-4H3. The van der Waals surface area contributed by atoms with E-state index in [2.05, 4.69) is 61.1 Å². The Balaban J connectivity index is 1.93. The number of benzene rings is 2. The van der Waals surface area contributed by atoms with Crippen LogP contribution in [0.2, 0.25) is 5.02 Å². The molecule has 2 nitrogen and oxygen atoms in total. The van der Waals surface area contributed by atoms with Gasteiger partial charge in [-0.05, 0) is 42.3 Å². The van der Waals surface area contributed by atoms with E-state index in [1.54, 1.807) is 0 Å². The highest BCUT2D eigenvalue weighted by Gasteiger charge is 2.37. The first-order chi connectivity index (χ1) is 10.9. The number of aliphatic imine (C=N–C) groups is 1. The van der Waals surface area contributed by atoms with Gasteiger partial charge in [-0.3, -0.25) is 4.99 Å². The molecule has 0 spiro atoms. The van der Waals surface area contributed by atoms with Crippen LogP contribution in [0.15, 0.2) is 59.2 Å². The minimum Gasteiger partial charge on any atom is -0.347 e. The lowest BCUT2D eigenvalue weighted by molar-refractivity contribution is 0.641. The fourth-order valence-corrected chi connectivity index (χ4v) is 3.49. The van der Waals surface area contributed by atoms with Crippen molar-refractivity contribution in [2.75, 3.05) is 11.9 Å². The molecule has 0 atom stereocenters. The van der Waals surface area contributed by atoms with Crippen molar-refractivity contribution in [3.63, 3.8) is 0 Å². The summed E-state index contributed by atoms with van der Waals surface area (Å²) in [6.07, 6.45) is 3.92. The molecule has 1 aliphatic heterocycles. The lowest BCUT2D eigenvalue weighted by atomic mass is 9.84. The van der Waals surface area contributed by atoms with Crippen LogP contribution in [0.5, 0.6) is 0 Å². The molecule has 0 bridgehead atoms. The summed E-state index contributed by atoms with van der Waals surface area (Å²) in [5.74, 6) is 0. The van der Waals surface area contributed by atoms with Crippen molar-refractivity contribution in [3.05, 3.63) is 70.4 Å². The van der Waals surface area contributed by atoms with Crippen LogP contribution in [0.1, 0.15) is 25.0 Å². The maximum Gasteiger partial charge on any atom is 0.0816 e. The zero-order valence-corrected chi connectivity index (χ0v) is 14.7. The van der Waals surface area contributed by atoms with E-state index in [0.29, 0.717) is 5.02 Å². The van der Waals surface area contributed by atoms with Gasteiger partial charge >= 0.3 is 0 Å². The first-order valence-corrected chi connectivity index (χ1v) is 8.13. The molecule has 0 amide bonds. The van der Waals surface area contributed by atoms with Gasteiger partial charge in [0.2, 0.25) is 0 Å². The van der Waals surface area contributed by atoms with Crippen LogP contribution in [0.3, 0.4) is 0 Å². The molecular formula is C20H21ClN2. The summed E-state index contributed by atoms with van der Waals surface area (Å²) in [6.45, 7) is 6.51. The van der Waals surface area contributed by atoms with Gasteiger partial charge in [0.25, 0.3) is 0 Å². The number of hydrogen-bond acceptors (Lipinski definition) is 2. The third-order valence-corrected chi connectivity index (χ3v) is 4.79. The van der Waals surface area contributed by atoms with Crippen LogP contribution >= 0.6 is 11.6 Å². The Hall–Kier alpha value is -2.06. The maximum absolute atomic E-state index is 6.24. The Kier molecular flexibility index (Phi) is 4.03. The normalized spacial score (nSPS) is 18.0. The van der Waals surface area contributed by atoms with Gasteiger partial charge < -0.3 is 4.90 Å². The number of para-hydroxylation sites is 1. The second-order valence-electron chi connectivity index (χ2n) is 6.49. The van der Waals surface area contributed by atoms with E-state index in [-0.39, 0.29) is 5.41 Å². The third-order valence-electron chi connectivity index (χ3n) is 4.49. The van der Waals surface area contributed by atoms with E-state index in [1.165, 1.54) is 16.9 Å². The summed E-state index contributed by atoms with van der Waals surface area (Å²) in [7, 11) is 2.10. The molecule has 0 unspecified atom stereocenters. The molecule has 0 saturated heterocycles. The predicted octanol–water partition coefficient (Wildman–Crippen LogP) is 5.66. The van der Waals surface area contributed by atoms with E-state index in [0.717, 1.165) is 11.3 Å². The van der Waals surface area contributed by atoms with Crippen molar-refractivity contribution in [2.24, 2.45) is 4.99 Å². The number of halogens is 1. The molecule has 23 heavy (non-hydrogen) atoms. The van der Waals surface area contributed by atoms with Crippen molar-refractivity contribution in [3.8, 4) is 0 Å². The molecule has 1 heterocycles. The van der Waals surface area contributed by atoms with E-state index in [9.17, 15) is 0 Å². The number of likely N-dealkylation sites (N-methyl/N-ethyl adjacent to an activating group) is 1. The van der Waals surface area contributed by atoms with E-state index < -0.39 is 0 Å². The Bertz CT molecular complexity index is 803. The Morgan fingerprint density at radius 1 is 1.13 bits per heavy atom. The number of aryl methyl sites for hydroxylation is 1. The average Bonchev–Trinajstić information content (AvgIpc) is 2.70. The lowest BCUT2D eigenvalue weighted by Gasteiger charge is -2.23. The summed E-state index contributed by atoms with van der Waals surface area (Å²) >= 11 is 6.24. The predicted molar refractivity (Wildman–Crippen MR) is 100 cm³/mol. The number of nitrogens with zero attached hydrogens (tertiary/aromatic N) is 2. The summed E-state index contributed by atoms with van der Waals surface area (Å²) in [5, 5.41) is 0.682. The summed E-state index contributed by atoms with van der Waals surface area (Å²) < 4.78 is 0. The molecule has 2 aromatic carbocycles. The largest absolute Gasteiger partial charge is 0.347 e. The SMILES string of the molecule is Cc1ccc(N=CC=C2N(C)c3ccccc3C2(C)C)c(Cl)c1. The van der Waals surface area contributed by atoms with E-state index in [4.69, 9.17) is 11.6 Å². The molecule has 2 aromatic rings. The van der Waals surface area contributed by atoms with Crippen molar-refractivity contribution >= 4 is 29.2 Å². The highest BCUT2D eigenvalue weighted by atomic mass is 35.5. The zero-order valence-electron chi connectivity index (χ0n) is 14.0. The molecule has 0 N–H and O–H groups in total. The van der Waals surface area contributed by atoms with Gasteiger partial charge in [-0.1, -0.05) is 49.7 Å². The van der Waals surface area contributed by atoms with Crippen LogP contribution in [-0.2, 0) is 5.41 Å². The monoisotopic (exact) mass is 324 g/mol. The topological polar surface area (TPSA) is 15.6 Å². The van der Waals surface area contributed by atoms with Gasteiger partial charge in [-0.25, -0.2) is 0 Å². The first kappa shape index (κ1) is 15.8. The number of fused-ring (bicyclic) bond motifs is 1. The Labute approximate surface area is 143 Å². The van der Waals surface area contributed by atoms with Crippen molar-refractivity contribution in [2.45, 2.75) is 26.2 Å². The van der Waals surface area contributed by atoms with Gasteiger partial charge in [0.05, 0.1) is 10.7 Å². The van der Waals surface area contributed by atoms with E-state index in [1.807, 2.05) is 31.3 Å². The number of allylic oxidation sites excluding steroid dienone is 2. The molecule has 0 radical (unpaired) electrons. The third kappa shape index (κ3) is 2.79. The first-order valence-electron chi connectivity index (χ1n) is 7.75. The molecule has 1 aliphatic rings. The minimum atomic E-state index is -0.0333. The molecule has 3 rings (SSSR count). The molecule has 0 aromatic heterocycles. The maximum atomic E-state index is 6.24. The van der Waals surface area contributed by atoms with E-state index >= 15 is 0 Å². The van der Waals surface area contributed by atoms with Crippen molar-refractivity contribution < 1.29 is 0 Å². The summed E-state index contributed by atoms with van der Waals surface area (Å²) in [4.78, 5) is 6.75. The quantitative estimate of drug-likeness (QED) is 0.650. The van der Waals surface area contributed by atoms with Crippen LogP contribution in [-0.4, -0.2) is 13.3 Å². The van der Waals surface area contributed by atoms with Crippen molar-refractivity contribution in [1.29, 1.82) is 0 Å². The van der Waals surface area contributed by atoms with Gasteiger partial charge in [0, 0.05) is 30.1 Å². The van der Waals surface area contributed by atoms with Gasteiger partial charge in [0.15, 0.2) is 0 Å². The average molecular weight is 325 g/mol. The van der Waals surface area contributed by atoms with Gasteiger partial charge in [-0.15, -0.1) is 0 Å². The summed E-state index contributed by atoms with van der Waals surface area (Å²) in [5.41, 5.74) is 5.73. The Morgan fingerprint density at radius 2 is 1.87 bits per heavy atom. The molecule has 118 valence electrons. The second kappa shape index (κ2) is 5.86. The Morgan fingerprint density at radius 3 is 2.57 bits per heavy atom. The van der Waals surface area contributed by atoms with Crippen LogP contribution < -0.4 is 4.90 Å². The van der Waals surface area contributed by atoms with Crippen LogP contribution in [0, 0.1) is 6.92 Å². The smallest absolute Gasteiger partial charge is 0.0816 e. The highest BCUT2D eigenvalue weighted by Crippen LogP contribution is 2.46. The van der Waals surface area contributed by atoms with Gasteiger partial charge in [-0.2, -0.15) is 0 Å². The van der Waals surface area contributed by atoms with Crippen LogP contribution in [0.25, 0.3) is 0 Å². The summed E-state index contributed by atoms with van der Waals surface area (Å²) in [6, 6.07) is 14.4. The second-order valence-corrected chi connectivity index (χ2v) is 6.89. The number of anilines is 1. The van der Waals surface area contributed by atoms with Gasteiger partial charge in [0.1, 0.15) is 0 Å². The fraction of sp³-hybridized carbons (Fsp3) is 0.250. The lowest BCUT2D eigenvalue weighted by Crippen LogP contribution is -2.23. The molecule has 3 heteroatoms. The molecule has 0 fully saturated rings. The van der Waals surface area contributed by atoms with Crippen molar-refractivity contribution in [1.82, 2.24) is 0 Å². The minimum absolute atomic E-state index is 0.0333. The molecule has 0 aliphatic carbocycles.